The number of fused-ring (bicyclic) bond motifs is 12. The van der Waals surface area contributed by atoms with Crippen LogP contribution in [0, 0.1) is 69.8 Å². The Morgan fingerprint density at radius 1 is 0.423 bits per heavy atom. The van der Waals surface area contributed by atoms with Crippen LogP contribution in [0.15, 0.2) is 332 Å². The van der Waals surface area contributed by atoms with Gasteiger partial charge in [-0.1, -0.05) is 261 Å². The molecule has 0 unspecified atom stereocenters. The normalized spacial score (nSPS) is 11.6. The molecule has 0 bridgehead atoms. The second kappa shape index (κ2) is 34.4. The van der Waals surface area contributed by atoms with Crippen molar-refractivity contribution in [2.45, 2.75) is 83.1 Å². The number of aliphatic hydroxyl groups is 1. The Morgan fingerprint density at radius 3 is 1.41 bits per heavy atom. The van der Waals surface area contributed by atoms with Gasteiger partial charge in [-0.15, -0.1) is 34.9 Å². The molecule has 13 aromatic carbocycles. The number of nitrogens with zero attached hydrogens (tertiary/aromatic N) is 9. The van der Waals surface area contributed by atoms with E-state index in [0.29, 0.717) is 11.1 Å². The van der Waals surface area contributed by atoms with Crippen molar-refractivity contribution in [3.63, 3.8) is 0 Å². The maximum atomic E-state index is 11.5. The number of hydrogen-bond acceptors (Lipinski definition) is 10. The van der Waals surface area contributed by atoms with Crippen LogP contribution in [0.4, 0.5) is 0 Å². The van der Waals surface area contributed by atoms with Crippen molar-refractivity contribution in [3.05, 3.63) is 373 Å². The molecule has 0 aliphatic heterocycles. The van der Waals surface area contributed by atoms with Crippen molar-refractivity contribution >= 4 is 93.3 Å². The summed E-state index contributed by atoms with van der Waals surface area (Å²) < 4.78 is 11.2. The quantitative estimate of drug-likeness (QED) is 0.0604. The number of ketones is 1. The first kappa shape index (κ1) is 82.3. The molecule has 0 saturated carbocycles. The average Bonchev–Trinajstić information content (AvgIpc) is 1.54. The summed E-state index contributed by atoms with van der Waals surface area (Å²) in [6.07, 6.45) is 8.58. The number of furan rings is 1. The van der Waals surface area contributed by atoms with Gasteiger partial charge in [0, 0.05) is 122 Å². The number of carbonyl (C=O) groups excluding carboxylic acids is 1. The van der Waals surface area contributed by atoms with E-state index in [0.717, 1.165) is 123 Å². The summed E-state index contributed by atoms with van der Waals surface area (Å²) in [6.45, 7) is 23.5. The molecule has 13 heteroatoms. The summed E-state index contributed by atoms with van der Waals surface area (Å²) in [5, 5.41) is 27.1. The molecule has 0 amide bonds. The maximum Gasteiger partial charge on any atom is 0.180 e. The number of benzene rings is 13. The number of aromatic nitrogens is 8. The molecule has 7 aromatic heterocycles. The summed E-state index contributed by atoms with van der Waals surface area (Å²) in [5.74, 6) is 0.104. The van der Waals surface area contributed by atoms with Crippen molar-refractivity contribution in [2.24, 2.45) is 10.8 Å². The molecular formula is C110H90IrN9O3-. The molecule has 0 aliphatic carbocycles. The van der Waals surface area contributed by atoms with Crippen LogP contribution in [0.5, 0.6) is 0 Å². The monoisotopic (exact) mass is 1780 g/mol. The number of para-hydroxylation sites is 4. The van der Waals surface area contributed by atoms with E-state index in [1.165, 1.54) is 88.6 Å². The number of aliphatic hydroxyl groups excluding tert-OH is 1. The first-order valence-electron chi connectivity index (χ1n) is 41.1. The van der Waals surface area contributed by atoms with Gasteiger partial charge in [-0.05, 0) is 163 Å². The molecule has 0 saturated heterocycles. The summed E-state index contributed by atoms with van der Waals surface area (Å²) in [5.41, 5.74) is 31.9. The molecule has 7 heterocycles. The fraction of sp³-hybridized carbons (Fsp3) is 0.127. The summed E-state index contributed by atoms with van der Waals surface area (Å²) >= 11 is 0. The van der Waals surface area contributed by atoms with E-state index < -0.39 is 5.41 Å². The Hall–Kier alpha value is -14.4. The van der Waals surface area contributed by atoms with Gasteiger partial charge in [0.25, 0.3) is 0 Å². The second-order valence-corrected chi connectivity index (χ2v) is 33.4. The molecule has 20 rings (SSSR count). The minimum Gasteiger partial charge on any atom is -0.512 e. The predicted molar refractivity (Wildman–Crippen MR) is 502 cm³/mol. The van der Waals surface area contributed by atoms with Gasteiger partial charge in [-0.3, -0.25) is 19.7 Å². The second-order valence-electron chi connectivity index (χ2n) is 33.4. The van der Waals surface area contributed by atoms with Gasteiger partial charge in [-0.25, -0.2) is 9.97 Å². The van der Waals surface area contributed by atoms with Crippen LogP contribution < -0.4 is 0 Å². The summed E-state index contributed by atoms with van der Waals surface area (Å²) in [6, 6.07) is 108. The fourth-order valence-corrected chi connectivity index (χ4v) is 16.6. The summed E-state index contributed by atoms with van der Waals surface area (Å²) in [4.78, 5) is 40.4. The van der Waals surface area contributed by atoms with Crippen LogP contribution in [0.2, 0.25) is 0 Å². The van der Waals surface area contributed by atoms with Gasteiger partial charge in [0.1, 0.15) is 28.9 Å². The third kappa shape index (κ3) is 16.6. The van der Waals surface area contributed by atoms with Gasteiger partial charge in [-0.2, -0.15) is 5.26 Å². The number of carbonyl (C=O) groups is 1. The summed E-state index contributed by atoms with van der Waals surface area (Å²) in [7, 11) is 0. The van der Waals surface area contributed by atoms with E-state index in [2.05, 4.69) is 326 Å². The molecule has 20 aromatic rings. The van der Waals surface area contributed by atoms with E-state index in [1.807, 2.05) is 98.2 Å². The van der Waals surface area contributed by atoms with E-state index >= 15 is 0 Å². The SMILES string of the molecule is CC(C)(C)C(=O)C=C(O)C(C)(C)C.Cc1[c-]c(-c2ncc(-c3c(C)cc(C#N)cc3C)nc2-c2cc(C)cc(C)c2)cc(C)c1.[Ir].c1cc(-c2ccc3oc4c(-c5cccc(-n6c7ccccc7c7ccccc76)c5)ncnc4c3c2)cc(-n2c3ccccc3c3ccccc32)c1.c1ccc(-c2ccnc3c2ccc2c(-c4ccccc4)ccnc23)cc1. The minimum absolute atomic E-state index is 0. The van der Waals surface area contributed by atoms with Crippen molar-refractivity contribution in [2.75, 3.05) is 0 Å². The molecule has 603 valence electrons. The van der Waals surface area contributed by atoms with Crippen molar-refractivity contribution in [3.8, 4) is 95.9 Å². The molecule has 1 N–H and O–H groups in total. The molecule has 12 nitrogen and oxygen atoms in total. The molecular weight excluding hydrogens is 1690 g/mol. The van der Waals surface area contributed by atoms with E-state index in [-0.39, 0.29) is 37.1 Å². The van der Waals surface area contributed by atoms with Crippen LogP contribution in [0.25, 0.3) is 177 Å². The number of hydrogen-bond donors (Lipinski definition) is 1. The number of nitriles is 1. The van der Waals surface area contributed by atoms with Crippen molar-refractivity contribution in [1.29, 1.82) is 5.26 Å². The van der Waals surface area contributed by atoms with Crippen LogP contribution in [0.1, 0.15) is 80.5 Å². The van der Waals surface area contributed by atoms with E-state index in [9.17, 15) is 15.2 Å². The Bertz CT molecular complexity index is 7280. The molecule has 0 aliphatic rings. The Morgan fingerprint density at radius 2 is 0.902 bits per heavy atom. The maximum absolute atomic E-state index is 11.5. The van der Waals surface area contributed by atoms with Gasteiger partial charge < -0.3 is 23.6 Å². The largest absolute Gasteiger partial charge is 0.512 e. The third-order valence-electron chi connectivity index (χ3n) is 22.4. The van der Waals surface area contributed by atoms with Crippen molar-refractivity contribution in [1.82, 2.24) is 39.0 Å². The van der Waals surface area contributed by atoms with Crippen LogP contribution >= 0.6 is 0 Å². The zero-order valence-corrected chi connectivity index (χ0v) is 73.1. The first-order chi connectivity index (χ1) is 59.0. The number of rotatable bonds is 10. The smallest absolute Gasteiger partial charge is 0.180 e. The Balaban J connectivity index is 0.000000134. The Labute approximate surface area is 729 Å². The standard InChI is InChI=1S/C46H28N4O.C29H26N3.C24H16N2.C11H20O2.Ir/c1-5-19-39-34(15-1)35-16-2-6-20-40(35)49(39)32-13-9-11-29(25-32)30-23-24-43-38(27-30)45-46(51-43)44(47-28-48-45)31-12-10-14-33(26-31)50-41-21-7-3-17-36(41)37-18-4-8-22-42(37)50;1-17-7-18(2)10-24(9-17)28-29(25-11-19(3)8-20(4)12-25)32-26(16-31-28)27-21(5)13-23(15-30)14-22(27)6;1-3-7-17(8-4-1)19-13-15-25-23-21(19)11-12-22-20(14-16-26-24(22)23)18-9-5-2-6-10-18;1-10(2,3)8(12)7-9(13)11(4,5)6;/h1-28H;7-9,11-14,16H,1-6H3;1-16H;7,12H,1-6H3;/q;-1;;;. The van der Waals surface area contributed by atoms with Gasteiger partial charge in [0.2, 0.25) is 0 Å². The molecule has 0 fully saturated rings. The zero-order chi connectivity index (χ0) is 84.7. The van der Waals surface area contributed by atoms with Gasteiger partial charge >= 0.3 is 0 Å². The molecule has 1 radical (unpaired) electrons. The molecule has 0 spiro atoms. The molecule has 123 heavy (non-hydrogen) atoms. The van der Waals surface area contributed by atoms with E-state index in [4.69, 9.17) is 24.4 Å². The van der Waals surface area contributed by atoms with Crippen LogP contribution in [0.3, 0.4) is 0 Å². The number of allylic oxidation sites excluding steroid dienone is 2. The minimum atomic E-state index is -0.417. The molecule has 0 atom stereocenters. The fourth-order valence-electron chi connectivity index (χ4n) is 16.6. The number of pyridine rings is 2. The average molecular weight is 1780 g/mol. The number of aryl methyl sites for hydroxylation is 6. The van der Waals surface area contributed by atoms with Gasteiger partial charge in [0.15, 0.2) is 11.4 Å². The van der Waals surface area contributed by atoms with Crippen LogP contribution in [-0.2, 0) is 24.9 Å². The topological polar surface area (TPSA) is 161 Å². The van der Waals surface area contributed by atoms with Crippen molar-refractivity contribution < 1.29 is 34.4 Å². The zero-order valence-electron chi connectivity index (χ0n) is 70.7. The Kier molecular flexibility index (Phi) is 23.0. The van der Waals surface area contributed by atoms with Crippen LogP contribution in [-0.4, -0.2) is 49.9 Å². The van der Waals surface area contributed by atoms with Gasteiger partial charge in [0.05, 0.1) is 56.1 Å². The first-order valence-corrected chi connectivity index (χ1v) is 41.1. The third-order valence-corrected chi connectivity index (χ3v) is 22.4. The predicted octanol–water partition coefficient (Wildman–Crippen LogP) is 28.1. The van der Waals surface area contributed by atoms with E-state index in [1.54, 1.807) is 6.33 Å².